The molecule has 15 heavy (non-hydrogen) atoms. The number of allylic oxidation sites excluding steroid dienone is 4. The zero-order valence-corrected chi connectivity index (χ0v) is 8.80. The summed E-state index contributed by atoms with van der Waals surface area (Å²) in [4.78, 5) is 6.27. The maximum atomic E-state index is 4.10. The van der Waals surface area contributed by atoms with Gasteiger partial charge in [0.25, 0.3) is 0 Å². The van der Waals surface area contributed by atoms with Crippen LogP contribution >= 0.6 is 0 Å². The SMILES string of the molecule is CC=CC1=CCN(c2cccnc2)C=C1. The fourth-order valence-electron chi connectivity index (χ4n) is 1.54. The van der Waals surface area contributed by atoms with Gasteiger partial charge in [0.2, 0.25) is 0 Å². The van der Waals surface area contributed by atoms with Gasteiger partial charge >= 0.3 is 0 Å². The molecule has 1 aliphatic rings. The predicted octanol–water partition coefficient (Wildman–Crippen LogP) is 2.92. The smallest absolute Gasteiger partial charge is 0.0595 e. The number of hydrogen-bond donors (Lipinski definition) is 0. The van der Waals surface area contributed by atoms with Crippen molar-refractivity contribution in [2.75, 3.05) is 11.4 Å². The van der Waals surface area contributed by atoms with E-state index in [1.807, 2.05) is 19.2 Å². The molecule has 0 amide bonds. The zero-order chi connectivity index (χ0) is 10.5. The molecule has 2 heterocycles. The summed E-state index contributed by atoms with van der Waals surface area (Å²) >= 11 is 0. The van der Waals surface area contributed by atoms with Crippen molar-refractivity contribution in [2.24, 2.45) is 0 Å². The van der Waals surface area contributed by atoms with E-state index in [1.54, 1.807) is 6.20 Å². The minimum Gasteiger partial charge on any atom is -0.343 e. The largest absolute Gasteiger partial charge is 0.343 e. The van der Waals surface area contributed by atoms with Crippen LogP contribution in [0.25, 0.3) is 0 Å². The van der Waals surface area contributed by atoms with Crippen LogP contribution in [0, 0.1) is 0 Å². The van der Waals surface area contributed by atoms with Gasteiger partial charge in [-0.3, -0.25) is 4.98 Å². The van der Waals surface area contributed by atoms with Gasteiger partial charge in [-0.1, -0.05) is 18.2 Å². The van der Waals surface area contributed by atoms with Crippen molar-refractivity contribution in [1.29, 1.82) is 0 Å². The van der Waals surface area contributed by atoms with Gasteiger partial charge in [-0.15, -0.1) is 0 Å². The molecule has 0 spiro atoms. The molecular weight excluding hydrogens is 184 g/mol. The minimum atomic E-state index is 0.905. The molecule has 0 fully saturated rings. The standard InChI is InChI=1S/C13H14N2/c1-2-4-12-6-9-15(10-7-12)13-5-3-8-14-11-13/h2-9,11H,10H2,1H3. The lowest BCUT2D eigenvalue weighted by molar-refractivity contribution is 1.05. The number of aromatic nitrogens is 1. The topological polar surface area (TPSA) is 16.1 Å². The first-order valence-corrected chi connectivity index (χ1v) is 5.08. The van der Waals surface area contributed by atoms with Crippen molar-refractivity contribution in [3.63, 3.8) is 0 Å². The highest BCUT2D eigenvalue weighted by molar-refractivity contribution is 5.51. The maximum Gasteiger partial charge on any atom is 0.0595 e. The molecule has 1 aliphatic heterocycles. The lowest BCUT2D eigenvalue weighted by Crippen LogP contribution is -2.18. The Hall–Kier alpha value is -1.83. The van der Waals surface area contributed by atoms with Gasteiger partial charge in [-0.05, 0) is 30.7 Å². The van der Waals surface area contributed by atoms with E-state index >= 15 is 0 Å². The Morgan fingerprint density at radius 2 is 2.40 bits per heavy atom. The van der Waals surface area contributed by atoms with Crippen molar-refractivity contribution in [2.45, 2.75) is 6.92 Å². The molecule has 0 radical (unpaired) electrons. The molecule has 0 unspecified atom stereocenters. The highest BCUT2D eigenvalue weighted by Crippen LogP contribution is 2.16. The Morgan fingerprint density at radius 3 is 3.00 bits per heavy atom. The third-order valence-electron chi connectivity index (χ3n) is 2.31. The van der Waals surface area contributed by atoms with E-state index in [0.29, 0.717) is 0 Å². The number of hydrogen-bond acceptors (Lipinski definition) is 2. The second kappa shape index (κ2) is 4.60. The van der Waals surface area contributed by atoms with Crippen LogP contribution in [-0.4, -0.2) is 11.5 Å². The molecule has 1 aromatic rings. The first-order valence-electron chi connectivity index (χ1n) is 5.08. The molecule has 2 rings (SSSR count). The van der Waals surface area contributed by atoms with E-state index in [4.69, 9.17) is 0 Å². The molecule has 0 saturated heterocycles. The quantitative estimate of drug-likeness (QED) is 0.726. The van der Waals surface area contributed by atoms with Crippen molar-refractivity contribution >= 4 is 5.69 Å². The Kier molecular flexibility index (Phi) is 2.98. The summed E-state index contributed by atoms with van der Waals surface area (Å²) < 4.78 is 0. The molecular formula is C13H14N2. The summed E-state index contributed by atoms with van der Waals surface area (Å²) in [7, 11) is 0. The van der Waals surface area contributed by atoms with Crippen LogP contribution in [-0.2, 0) is 0 Å². The van der Waals surface area contributed by atoms with Crippen molar-refractivity contribution in [3.8, 4) is 0 Å². The van der Waals surface area contributed by atoms with Gasteiger partial charge in [-0.2, -0.15) is 0 Å². The van der Waals surface area contributed by atoms with E-state index in [2.05, 4.69) is 46.5 Å². The molecule has 0 bridgehead atoms. The highest BCUT2D eigenvalue weighted by Gasteiger charge is 2.04. The summed E-state index contributed by atoms with van der Waals surface area (Å²) in [5.74, 6) is 0. The van der Waals surface area contributed by atoms with Crippen LogP contribution in [0.3, 0.4) is 0 Å². The molecule has 0 atom stereocenters. The van der Waals surface area contributed by atoms with Crippen LogP contribution < -0.4 is 4.90 Å². The second-order valence-corrected chi connectivity index (χ2v) is 3.38. The Balaban J connectivity index is 2.10. The van der Waals surface area contributed by atoms with Gasteiger partial charge in [0.05, 0.1) is 11.9 Å². The van der Waals surface area contributed by atoms with Crippen molar-refractivity contribution < 1.29 is 0 Å². The fourth-order valence-corrected chi connectivity index (χ4v) is 1.54. The average molecular weight is 198 g/mol. The summed E-state index contributed by atoms with van der Waals surface area (Å²) in [5.41, 5.74) is 2.39. The van der Waals surface area contributed by atoms with Crippen molar-refractivity contribution in [1.82, 2.24) is 4.98 Å². The molecule has 0 saturated carbocycles. The van der Waals surface area contributed by atoms with E-state index in [9.17, 15) is 0 Å². The first-order chi connectivity index (χ1) is 7.40. The number of anilines is 1. The monoisotopic (exact) mass is 198 g/mol. The molecule has 2 heteroatoms. The van der Waals surface area contributed by atoms with Crippen molar-refractivity contribution in [3.05, 3.63) is 60.6 Å². The van der Waals surface area contributed by atoms with E-state index < -0.39 is 0 Å². The Labute approximate surface area is 90.3 Å². The van der Waals surface area contributed by atoms with Gasteiger partial charge in [0.1, 0.15) is 0 Å². The fraction of sp³-hybridized carbons (Fsp3) is 0.154. The molecule has 0 aromatic carbocycles. The van der Waals surface area contributed by atoms with Gasteiger partial charge in [0, 0.05) is 18.9 Å². The third kappa shape index (κ3) is 2.34. The Morgan fingerprint density at radius 1 is 1.47 bits per heavy atom. The average Bonchev–Trinajstić information content (AvgIpc) is 2.32. The van der Waals surface area contributed by atoms with E-state index in [-0.39, 0.29) is 0 Å². The molecule has 1 aromatic heterocycles. The summed E-state index contributed by atoms with van der Waals surface area (Å²) in [6.45, 7) is 2.93. The number of pyridine rings is 1. The van der Waals surface area contributed by atoms with Crippen LogP contribution in [0.5, 0.6) is 0 Å². The second-order valence-electron chi connectivity index (χ2n) is 3.38. The van der Waals surface area contributed by atoms with Gasteiger partial charge in [-0.25, -0.2) is 0 Å². The highest BCUT2D eigenvalue weighted by atomic mass is 15.1. The van der Waals surface area contributed by atoms with Gasteiger partial charge in [0.15, 0.2) is 0 Å². The Bertz CT molecular complexity index is 402. The summed E-state index contributed by atoms with van der Waals surface area (Å²) in [6.07, 6.45) is 14.2. The molecule has 76 valence electrons. The molecule has 2 nitrogen and oxygen atoms in total. The first kappa shape index (κ1) is 9.71. The lowest BCUT2D eigenvalue weighted by atomic mass is 10.1. The lowest BCUT2D eigenvalue weighted by Gasteiger charge is -2.21. The summed E-state index contributed by atoms with van der Waals surface area (Å²) in [6, 6.07) is 4.01. The maximum absolute atomic E-state index is 4.10. The van der Waals surface area contributed by atoms with Gasteiger partial charge < -0.3 is 4.90 Å². The van der Waals surface area contributed by atoms with Crippen LogP contribution in [0.2, 0.25) is 0 Å². The van der Waals surface area contributed by atoms with E-state index in [0.717, 1.165) is 12.2 Å². The summed E-state index contributed by atoms with van der Waals surface area (Å²) in [5, 5.41) is 0. The van der Waals surface area contributed by atoms with E-state index in [1.165, 1.54) is 5.57 Å². The predicted molar refractivity (Wildman–Crippen MR) is 63.6 cm³/mol. The van der Waals surface area contributed by atoms with Crippen LogP contribution in [0.1, 0.15) is 6.92 Å². The number of rotatable bonds is 2. The molecule has 0 N–H and O–H groups in total. The number of nitrogens with zero attached hydrogens (tertiary/aromatic N) is 2. The molecule has 0 aliphatic carbocycles. The third-order valence-corrected chi connectivity index (χ3v) is 2.31. The van der Waals surface area contributed by atoms with Crippen LogP contribution in [0.4, 0.5) is 5.69 Å². The normalized spacial score (nSPS) is 15.8. The zero-order valence-electron chi connectivity index (χ0n) is 8.80. The van der Waals surface area contributed by atoms with Crippen LogP contribution in [0.15, 0.2) is 60.6 Å². The minimum absolute atomic E-state index is 0.905.